The highest BCUT2D eigenvalue weighted by atomic mass is 32.1. The molecule has 1 heterocycles. The van der Waals surface area contributed by atoms with E-state index in [1.807, 2.05) is 0 Å². The average Bonchev–Trinajstić information content (AvgIpc) is 2.69. The molecule has 1 nitrogen and oxygen atoms in total. The number of hydrogen-bond acceptors (Lipinski definition) is 2. The molecule has 15 heavy (non-hydrogen) atoms. The van der Waals surface area contributed by atoms with Gasteiger partial charge in [-0.25, -0.2) is 0 Å². The second kappa shape index (κ2) is 4.17. The molecule has 0 bridgehead atoms. The molecule has 2 heteroatoms. The minimum absolute atomic E-state index is 0.0115. The van der Waals surface area contributed by atoms with E-state index < -0.39 is 0 Å². The lowest BCUT2D eigenvalue weighted by molar-refractivity contribution is 0.856. The molecule has 0 saturated heterocycles. The molecule has 0 aliphatic carbocycles. The lowest BCUT2D eigenvalue weighted by Crippen LogP contribution is -2.13. The fourth-order valence-corrected chi connectivity index (χ4v) is 2.63. The van der Waals surface area contributed by atoms with Crippen LogP contribution in [0.5, 0.6) is 0 Å². The Kier molecular flexibility index (Phi) is 2.89. The normalized spacial score (nSPS) is 12.7. The van der Waals surface area contributed by atoms with Gasteiger partial charge in [-0.3, -0.25) is 0 Å². The van der Waals surface area contributed by atoms with Crippen LogP contribution in [0, 0.1) is 13.8 Å². The zero-order valence-corrected chi connectivity index (χ0v) is 9.84. The first-order valence-corrected chi connectivity index (χ1v) is 5.98. The fourth-order valence-electron chi connectivity index (χ4n) is 1.94. The zero-order chi connectivity index (χ0) is 10.8. The van der Waals surface area contributed by atoms with Crippen molar-refractivity contribution in [2.75, 3.05) is 0 Å². The molecule has 0 aliphatic rings. The third-order valence-corrected chi connectivity index (χ3v) is 3.46. The van der Waals surface area contributed by atoms with E-state index in [0.717, 1.165) is 0 Å². The summed E-state index contributed by atoms with van der Waals surface area (Å²) in [4.78, 5) is 0. The van der Waals surface area contributed by atoms with Crippen LogP contribution in [-0.4, -0.2) is 0 Å². The monoisotopic (exact) mass is 217 g/mol. The molecule has 2 N–H and O–H groups in total. The van der Waals surface area contributed by atoms with E-state index >= 15 is 0 Å². The van der Waals surface area contributed by atoms with Gasteiger partial charge in [0.2, 0.25) is 0 Å². The van der Waals surface area contributed by atoms with Crippen LogP contribution < -0.4 is 5.73 Å². The highest BCUT2D eigenvalue weighted by Gasteiger charge is 2.13. The number of thiophene rings is 1. The lowest BCUT2D eigenvalue weighted by atomic mass is 9.93. The molecular formula is C13H15NS. The van der Waals surface area contributed by atoms with Gasteiger partial charge in [-0.15, -0.1) is 0 Å². The Hall–Kier alpha value is -1.12. The van der Waals surface area contributed by atoms with Crippen LogP contribution in [0.2, 0.25) is 0 Å². The van der Waals surface area contributed by atoms with Crippen molar-refractivity contribution in [1.82, 2.24) is 0 Å². The molecule has 1 atom stereocenters. The molecule has 2 rings (SSSR count). The van der Waals surface area contributed by atoms with Gasteiger partial charge in [0.25, 0.3) is 0 Å². The van der Waals surface area contributed by atoms with E-state index in [2.05, 4.69) is 48.9 Å². The number of benzene rings is 1. The molecule has 2 aromatic rings. The Morgan fingerprint density at radius 1 is 1.13 bits per heavy atom. The summed E-state index contributed by atoms with van der Waals surface area (Å²) in [5.74, 6) is 0. The number of aryl methyl sites for hydroxylation is 2. The predicted octanol–water partition coefficient (Wildman–Crippen LogP) is 3.41. The van der Waals surface area contributed by atoms with Crippen molar-refractivity contribution in [3.8, 4) is 0 Å². The Bertz CT molecular complexity index is 425. The molecule has 0 amide bonds. The molecule has 1 aromatic carbocycles. The third-order valence-electron chi connectivity index (χ3n) is 2.76. The van der Waals surface area contributed by atoms with E-state index in [4.69, 9.17) is 5.73 Å². The maximum Gasteiger partial charge on any atom is 0.0565 e. The molecule has 78 valence electrons. The molecule has 0 aliphatic heterocycles. The summed E-state index contributed by atoms with van der Waals surface area (Å²) < 4.78 is 0. The predicted molar refractivity (Wildman–Crippen MR) is 66.3 cm³/mol. The van der Waals surface area contributed by atoms with Crippen LogP contribution >= 0.6 is 11.3 Å². The quantitative estimate of drug-likeness (QED) is 0.819. The molecule has 1 aromatic heterocycles. The highest BCUT2D eigenvalue weighted by Crippen LogP contribution is 2.26. The van der Waals surface area contributed by atoms with E-state index in [9.17, 15) is 0 Å². The van der Waals surface area contributed by atoms with Crippen molar-refractivity contribution >= 4 is 11.3 Å². The van der Waals surface area contributed by atoms with Crippen molar-refractivity contribution in [3.63, 3.8) is 0 Å². The molecule has 0 unspecified atom stereocenters. The van der Waals surface area contributed by atoms with Crippen molar-refractivity contribution in [3.05, 3.63) is 57.3 Å². The Morgan fingerprint density at radius 3 is 2.33 bits per heavy atom. The van der Waals surface area contributed by atoms with Gasteiger partial charge in [0.15, 0.2) is 0 Å². The molecule has 0 saturated carbocycles. The summed E-state index contributed by atoms with van der Waals surface area (Å²) in [5, 5.41) is 4.19. The van der Waals surface area contributed by atoms with Crippen molar-refractivity contribution in [2.24, 2.45) is 5.73 Å². The van der Waals surface area contributed by atoms with Gasteiger partial charge < -0.3 is 5.73 Å². The van der Waals surface area contributed by atoms with Crippen LogP contribution in [0.4, 0.5) is 0 Å². The minimum atomic E-state index is 0.0115. The SMILES string of the molecule is Cc1cccc(C)c1[C@@H](N)c1ccsc1. The topological polar surface area (TPSA) is 26.0 Å². The first kappa shape index (κ1) is 10.4. The average molecular weight is 217 g/mol. The van der Waals surface area contributed by atoms with Crippen LogP contribution in [-0.2, 0) is 0 Å². The van der Waals surface area contributed by atoms with Gasteiger partial charge >= 0.3 is 0 Å². The highest BCUT2D eigenvalue weighted by molar-refractivity contribution is 7.08. The summed E-state index contributed by atoms with van der Waals surface area (Å²) in [6, 6.07) is 8.43. The first-order valence-electron chi connectivity index (χ1n) is 5.04. The summed E-state index contributed by atoms with van der Waals surface area (Å²) in [5.41, 5.74) is 11.3. The molecule has 0 radical (unpaired) electrons. The van der Waals surface area contributed by atoms with Gasteiger partial charge in [-0.05, 0) is 52.9 Å². The van der Waals surface area contributed by atoms with E-state index in [1.54, 1.807) is 11.3 Å². The molecule has 0 spiro atoms. The van der Waals surface area contributed by atoms with Gasteiger partial charge in [0.05, 0.1) is 6.04 Å². The second-order valence-corrected chi connectivity index (χ2v) is 4.62. The lowest BCUT2D eigenvalue weighted by Gasteiger charge is -2.16. The number of nitrogens with two attached hydrogens (primary N) is 1. The van der Waals surface area contributed by atoms with Crippen molar-refractivity contribution in [2.45, 2.75) is 19.9 Å². The second-order valence-electron chi connectivity index (χ2n) is 3.84. The molecule has 0 fully saturated rings. The summed E-state index contributed by atoms with van der Waals surface area (Å²) >= 11 is 1.69. The van der Waals surface area contributed by atoms with Crippen molar-refractivity contribution in [1.29, 1.82) is 0 Å². The van der Waals surface area contributed by atoms with Gasteiger partial charge in [0, 0.05) is 0 Å². The minimum Gasteiger partial charge on any atom is -0.320 e. The maximum absolute atomic E-state index is 6.27. The smallest absolute Gasteiger partial charge is 0.0565 e. The van der Waals surface area contributed by atoms with Crippen molar-refractivity contribution < 1.29 is 0 Å². The zero-order valence-electron chi connectivity index (χ0n) is 9.03. The Labute approximate surface area is 94.6 Å². The summed E-state index contributed by atoms with van der Waals surface area (Å²) in [7, 11) is 0. The maximum atomic E-state index is 6.27. The van der Waals surface area contributed by atoms with E-state index in [1.165, 1.54) is 22.3 Å². The first-order chi connectivity index (χ1) is 7.20. The van der Waals surface area contributed by atoms with E-state index in [-0.39, 0.29) is 6.04 Å². The van der Waals surface area contributed by atoms with Crippen LogP contribution in [0.25, 0.3) is 0 Å². The van der Waals surface area contributed by atoms with Gasteiger partial charge in [-0.1, -0.05) is 18.2 Å². The van der Waals surface area contributed by atoms with Crippen LogP contribution in [0.3, 0.4) is 0 Å². The standard InChI is InChI=1S/C13H15NS/c1-9-4-3-5-10(2)12(9)13(14)11-6-7-15-8-11/h3-8,13H,14H2,1-2H3/t13-/m0/s1. The van der Waals surface area contributed by atoms with Crippen LogP contribution in [0.15, 0.2) is 35.0 Å². The summed E-state index contributed by atoms with van der Waals surface area (Å²) in [6.07, 6.45) is 0. The van der Waals surface area contributed by atoms with Crippen LogP contribution in [0.1, 0.15) is 28.3 Å². The van der Waals surface area contributed by atoms with E-state index in [0.29, 0.717) is 0 Å². The Morgan fingerprint density at radius 2 is 1.80 bits per heavy atom. The largest absolute Gasteiger partial charge is 0.320 e. The van der Waals surface area contributed by atoms with Gasteiger partial charge in [-0.2, -0.15) is 11.3 Å². The third kappa shape index (κ3) is 1.96. The molecular weight excluding hydrogens is 202 g/mol. The Balaban J connectivity index is 2.46. The summed E-state index contributed by atoms with van der Waals surface area (Å²) in [6.45, 7) is 4.24. The number of rotatable bonds is 2. The van der Waals surface area contributed by atoms with Gasteiger partial charge in [0.1, 0.15) is 0 Å². The fraction of sp³-hybridized carbons (Fsp3) is 0.231. The number of hydrogen-bond donors (Lipinski definition) is 1.